The molecule has 8 nitrogen and oxygen atoms in total. The van der Waals surface area contributed by atoms with Crippen LogP contribution in [0.5, 0.6) is 0 Å². The molecule has 16 heavy (non-hydrogen) atoms. The smallest absolute Gasteiger partial charge is 0.328 e. The zero-order valence-corrected chi connectivity index (χ0v) is 8.27. The summed E-state index contributed by atoms with van der Waals surface area (Å²) in [5.74, 6) is -2.34. The highest BCUT2D eigenvalue weighted by Gasteiger charge is 2.23. The SMILES string of the molecule is O=C1CCC(C(=O)N[C@@H](CO)C(=O)O)=NN1. The van der Waals surface area contributed by atoms with Gasteiger partial charge in [0.15, 0.2) is 6.04 Å². The number of hydrazone groups is 1. The summed E-state index contributed by atoms with van der Waals surface area (Å²) in [5, 5.41) is 22.8. The first-order valence-corrected chi connectivity index (χ1v) is 4.54. The van der Waals surface area contributed by atoms with E-state index in [4.69, 9.17) is 10.2 Å². The molecule has 0 saturated carbocycles. The quantitative estimate of drug-likeness (QED) is 0.435. The van der Waals surface area contributed by atoms with Gasteiger partial charge in [-0.15, -0.1) is 0 Å². The van der Waals surface area contributed by atoms with E-state index in [1.807, 2.05) is 0 Å². The Morgan fingerprint density at radius 3 is 2.62 bits per heavy atom. The van der Waals surface area contributed by atoms with Gasteiger partial charge in [0.1, 0.15) is 5.71 Å². The summed E-state index contributed by atoms with van der Waals surface area (Å²) >= 11 is 0. The summed E-state index contributed by atoms with van der Waals surface area (Å²) < 4.78 is 0. The molecule has 0 aromatic heterocycles. The first kappa shape index (κ1) is 12.1. The fraction of sp³-hybridized carbons (Fsp3) is 0.500. The Kier molecular flexibility index (Phi) is 3.95. The minimum absolute atomic E-state index is 0.0410. The predicted molar refractivity (Wildman–Crippen MR) is 51.5 cm³/mol. The van der Waals surface area contributed by atoms with E-state index in [2.05, 4.69) is 15.8 Å². The number of carbonyl (C=O) groups excluding carboxylic acids is 2. The number of rotatable bonds is 4. The van der Waals surface area contributed by atoms with Gasteiger partial charge >= 0.3 is 5.97 Å². The Morgan fingerprint density at radius 2 is 2.19 bits per heavy atom. The van der Waals surface area contributed by atoms with Gasteiger partial charge in [-0.2, -0.15) is 5.10 Å². The fourth-order valence-electron chi connectivity index (χ4n) is 1.06. The number of aliphatic hydroxyl groups excluding tert-OH is 1. The average Bonchev–Trinajstić information content (AvgIpc) is 2.26. The minimum Gasteiger partial charge on any atom is -0.480 e. The van der Waals surface area contributed by atoms with Crippen molar-refractivity contribution in [3.8, 4) is 0 Å². The van der Waals surface area contributed by atoms with Crippen LogP contribution >= 0.6 is 0 Å². The van der Waals surface area contributed by atoms with E-state index in [1.165, 1.54) is 0 Å². The maximum absolute atomic E-state index is 11.4. The average molecular weight is 229 g/mol. The normalized spacial score (nSPS) is 17.1. The molecule has 0 spiro atoms. The molecule has 0 saturated heterocycles. The second-order valence-corrected chi connectivity index (χ2v) is 3.14. The summed E-state index contributed by atoms with van der Waals surface area (Å²) in [6.07, 6.45) is 0.276. The third-order valence-electron chi connectivity index (χ3n) is 1.95. The van der Waals surface area contributed by atoms with Crippen molar-refractivity contribution in [1.29, 1.82) is 0 Å². The van der Waals surface area contributed by atoms with Crippen LogP contribution in [0.2, 0.25) is 0 Å². The summed E-state index contributed by atoms with van der Waals surface area (Å²) in [6, 6.07) is -1.37. The number of hydrogen-bond donors (Lipinski definition) is 4. The van der Waals surface area contributed by atoms with Crippen molar-refractivity contribution in [3.05, 3.63) is 0 Å². The van der Waals surface area contributed by atoms with E-state index in [0.29, 0.717) is 0 Å². The molecule has 1 aliphatic heterocycles. The lowest BCUT2D eigenvalue weighted by atomic mass is 10.1. The second kappa shape index (κ2) is 5.21. The van der Waals surface area contributed by atoms with Gasteiger partial charge < -0.3 is 15.5 Å². The Balaban J connectivity index is 2.58. The zero-order valence-electron chi connectivity index (χ0n) is 8.27. The van der Waals surface area contributed by atoms with Gasteiger partial charge in [0, 0.05) is 12.8 Å². The van der Waals surface area contributed by atoms with Crippen molar-refractivity contribution in [2.24, 2.45) is 5.10 Å². The third kappa shape index (κ3) is 3.02. The first-order chi connectivity index (χ1) is 7.54. The van der Waals surface area contributed by atoms with Crippen LogP contribution in [0, 0.1) is 0 Å². The van der Waals surface area contributed by atoms with Gasteiger partial charge in [-0.05, 0) is 0 Å². The van der Waals surface area contributed by atoms with Crippen LogP contribution in [0.15, 0.2) is 5.10 Å². The fourth-order valence-corrected chi connectivity index (χ4v) is 1.06. The van der Waals surface area contributed by atoms with Crippen LogP contribution in [-0.4, -0.2) is 46.4 Å². The number of hydrogen-bond acceptors (Lipinski definition) is 5. The Labute approximate surface area is 90.3 Å². The lowest BCUT2D eigenvalue weighted by molar-refractivity contribution is -0.142. The standard InChI is InChI=1S/C8H11N3O5/c12-3-5(8(15)16)9-7(14)4-1-2-6(13)11-10-4/h5,12H,1-3H2,(H,9,14)(H,11,13)(H,15,16)/t5-/m0/s1. The van der Waals surface area contributed by atoms with E-state index in [9.17, 15) is 14.4 Å². The molecule has 0 fully saturated rings. The van der Waals surface area contributed by atoms with Crippen LogP contribution in [0.25, 0.3) is 0 Å². The molecular weight excluding hydrogens is 218 g/mol. The molecule has 88 valence electrons. The third-order valence-corrected chi connectivity index (χ3v) is 1.95. The zero-order chi connectivity index (χ0) is 12.1. The van der Waals surface area contributed by atoms with Gasteiger partial charge in [-0.3, -0.25) is 9.59 Å². The van der Waals surface area contributed by atoms with Gasteiger partial charge in [0.05, 0.1) is 6.61 Å². The number of aliphatic carboxylic acids is 1. The highest BCUT2D eigenvalue weighted by Crippen LogP contribution is 2.00. The van der Waals surface area contributed by atoms with Crippen LogP contribution < -0.4 is 10.7 Å². The molecule has 1 rings (SSSR count). The molecule has 8 heteroatoms. The Bertz CT molecular complexity index is 352. The number of carboxylic acids is 1. The van der Waals surface area contributed by atoms with Crippen LogP contribution in [0.1, 0.15) is 12.8 Å². The number of carbonyl (C=O) groups is 3. The topological polar surface area (TPSA) is 128 Å². The predicted octanol–water partition coefficient (Wildman–Crippen LogP) is -2.19. The molecule has 1 heterocycles. The van der Waals surface area contributed by atoms with Crippen molar-refractivity contribution in [3.63, 3.8) is 0 Å². The van der Waals surface area contributed by atoms with E-state index in [0.717, 1.165) is 0 Å². The molecule has 0 aromatic rings. The first-order valence-electron chi connectivity index (χ1n) is 4.54. The van der Waals surface area contributed by atoms with Crippen molar-refractivity contribution in [1.82, 2.24) is 10.7 Å². The lowest BCUT2D eigenvalue weighted by Crippen LogP contribution is -2.47. The van der Waals surface area contributed by atoms with Crippen molar-refractivity contribution >= 4 is 23.5 Å². The van der Waals surface area contributed by atoms with Crippen molar-refractivity contribution in [2.45, 2.75) is 18.9 Å². The molecule has 0 aromatic carbocycles. The van der Waals surface area contributed by atoms with Gasteiger partial charge in [0.25, 0.3) is 5.91 Å². The minimum atomic E-state index is -1.37. The van der Waals surface area contributed by atoms with E-state index < -0.39 is 24.5 Å². The molecule has 1 atom stereocenters. The highest BCUT2D eigenvalue weighted by molar-refractivity contribution is 6.39. The number of nitrogens with zero attached hydrogens (tertiary/aromatic N) is 1. The molecule has 1 aliphatic rings. The molecule has 0 aliphatic carbocycles. The lowest BCUT2D eigenvalue weighted by Gasteiger charge is -2.14. The van der Waals surface area contributed by atoms with E-state index in [1.54, 1.807) is 0 Å². The van der Waals surface area contributed by atoms with E-state index >= 15 is 0 Å². The molecule has 4 N–H and O–H groups in total. The molecule has 0 radical (unpaired) electrons. The number of nitrogens with one attached hydrogen (secondary N) is 2. The monoisotopic (exact) mass is 229 g/mol. The van der Waals surface area contributed by atoms with Crippen LogP contribution in [0.3, 0.4) is 0 Å². The van der Waals surface area contributed by atoms with Gasteiger partial charge in [-0.1, -0.05) is 0 Å². The number of aliphatic hydroxyl groups is 1. The highest BCUT2D eigenvalue weighted by atomic mass is 16.4. The summed E-state index contributed by atoms with van der Waals surface area (Å²) in [5.41, 5.74) is 2.15. The summed E-state index contributed by atoms with van der Waals surface area (Å²) in [6.45, 7) is -0.708. The van der Waals surface area contributed by atoms with E-state index in [-0.39, 0.29) is 24.5 Å². The Morgan fingerprint density at radius 1 is 1.50 bits per heavy atom. The molecule has 2 amide bonds. The van der Waals surface area contributed by atoms with Gasteiger partial charge in [-0.25, -0.2) is 10.2 Å². The summed E-state index contributed by atoms with van der Waals surface area (Å²) in [4.78, 5) is 32.7. The molecule has 0 bridgehead atoms. The number of amides is 2. The Hall–Kier alpha value is -1.96. The maximum Gasteiger partial charge on any atom is 0.328 e. The number of carboxylic acid groups (broad SMARTS) is 1. The van der Waals surface area contributed by atoms with Crippen molar-refractivity contribution < 1.29 is 24.6 Å². The molecular formula is C8H11N3O5. The van der Waals surface area contributed by atoms with Crippen LogP contribution in [-0.2, 0) is 14.4 Å². The second-order valence-electron chi connectivity index (χ2n) is 3.14. The van der Waals surface area contributed by atoms with Crippen molar-refractivity contribution in [2.75, 3.05) is 6.61 Å². The van der Waals surface area contributed by atoms with Crippen LogP contribution in [0.4, 0.5) is 0 Å². The van der Waals surface area contributed by atoms with Gasteiger partial charge in [0.2, 0.25) is 5.91 Å². The largest absolute Gasteiger partial charge is 0.480 e. The molecule has 0 unspecified atom stereocenters. The summed E-state index contributed by atoms with van der Waals surface area (Å²) in [7, 11) is 0. The maximum atomic E-state index is 11.4.